The zero-order valence-electron chi connectivity index (χ0n) is 11.8. The van der Waals surface area contributed by atoms with Gasteiger partial charge in [-0.2, -0.15) is 0 Å². The van der Waals surface area contributed by atoms with Crippen LogP contribution in [0.1, 0.15) is 37.0 Å². The fraction of sp³-hybridized carbons (Fsp3) is 0.467. The van der Waals surface area contributed by atoms with Crippen LogP contribution in [-0.2, 0) is 9.53 Å². The molecular weight excluding hydrogens is 242 g/mol. The molecule has 1 atom stereocenters. The fourth-order valence-electron chi connectivity index (χ4n) is 1.80. The lowest BCUT2D eigenvalue weighted by Crippen LogP contribution is -2.39. The van der Waals surface area contributed by atoms with Crippen molar-refractivity contribution in [3.05, 3.63) is 35.9 Å². The Morgan fingerprint density at radius 2 is 1.89 bits per heavy atom. The normalized spacial score (nSPS) is 11.7. The molecule has 0 bridgehead atoms. The molecule has 0 aliphatic heterocycles. The molecule has 0 fully saturated rings. The summed E-state index contributed by atoms with van der Waals surface area (Å²) in [7, 11) is 1.36. The molecule has 0 saturated carbocycles. The first kappa shape index (κ1) is 15.2. The Morgan fingerprint density at radius 3 is 2.42 bits per heavy atom. The zero-order chi connectivity index (χ0) is 14.3. The minimum absolute atomic E-state index is 0.0427. The van der Waals surface area contributed by atoms with Gasteiger partial charge in [0.1, 0.15) is 0 Å². The highest BCUT2D eigenvalue weighted by molar-refractivity contribution is 5.94. The van der Waals surface area contributed by atoms with E-state index in [-0.39, 0.29) is 24.3 Å². The standard InChI is InChI=1S/C15H21NO3/c1-4-12(2)16(11-10-14(17)19-3)15(18)13-8-6-5-7-9-13/h5-9,12H,4,10-11H2,1-3H3. The SMILES string of the molecule is CCC(C)N(CCC(=O)OC)C(=O)c1ccccc1. The van der Waals surface area contributed by atoms with Crippen LogP contribution in [0.4, 0.5) is 0 Å². The van der Waals surface area contributed by atoms with E-state index in [9.17, 15) is 9.59 Å². The second-order valence-corrected chi connectivity index (χ2v) is 4.45. The van der Waals surface area contributed by atoms with E-state index < -0.39 is 0 Å². The quantitative estimate of drug-likeness (QED) is 0.741. The molecule has 0 aromatic heterocycles. The summed E-state index contributed by atoms with van der Waals surface area (Å²) in [4.78, 5) is 25.4. The highest BCUT2D eigenvalue weighted by Gasteiger charge is 2.21. The molecule has 4 heteroatoms. The molecule has 1 unspecified atom stereocenters. The summed E-state index contributed by atoms with van der Waals surface area (Å²) in [6, 6.07) is 9.22. The second-order valence-electron chi connectivity index (χ2n) is 4.45. The van der Waals surface area contributed by atoms with Crippen LogP contribution in [0.3, 0.4) is 0 Å². The molecule has 1 aromatic rings. The van der Waals surface area contributed by atoms with Gasteiger partial charge in [0, 0.05) is 18.2 Å². The molecule has 1 rings (SSSR count). The lowest BCUT2D eigenvalue weighted by molar-refractivity contribution is -0.140. The third-order valence-corrected chi connectivity index (χ3v) is 3.19. The van der Waals surface area contributed by atoms with E-state index in [0.29, 0.717) is 12.1 Å². The van der Waals surface area contributed by atoms with Crippen molar-refractivity contribution < 1.29 is 14.3 Å². The first-order chi connectivity index (χ1) is 9.10. The summed E-state index contributed by atoms with van der Waals surface area (Å²) in [6.45, 7) is 4.39. The summed E-state index contributed by atoms with van der Waals surface area (Å²) >= 11 is 0. The van der Waals surface area contributed by atoms with E-state index >= 15 is 0 Å². The second kappa shape index (κ2) is 7.56. The van der Waals surface area contributed by atoms with Gasteiger partial charge in [0.2, 0.25) is 0 Å². The number of benzene rings is 1. The largest absolute Gasteiger partial charge is 0.469 e. The number of esters is 1. The Morgan fingerprint density at radius 1 is 1.26 bits per heavy atom. The molecule has 19 heavy (non-hydrogen) atoms. The van der Waals surface area contributed by atoms with Gasteiger partial charge in [-0.15, -0.1) is 0 Å². The molecule has 4 nitrogen and oxygen atoms in total. The van der Waals surface area contributed by atoms with Crippen molar-refractivity contribution >= 4 is 11.9 Å². The van der Waals surface area contributed by atoms with E-state index in [2.05, 4.69) is 4.74 Å². The van der Waals surface area contributed by atoms with Gasteiger partial charge in [0.05, 0.1) is 13.5 Å². The van der Waals surface area contributed by atoms with Crippen molar-refractivity contribution in [1.82, 2.24) is 4.90 Å². The van der Waals surface area contributed by atoms with E-state index in [1.165, 1.54) is 7.11 Å². The first-order valence-corrected chi connectivity index (χ1v) is 6.53. The summed E-state index contributed by atoms with van der Waals surface area (Å²) in [5.74, 6) is -0.340. The van der Waals surface area contributed by atoms with Crippen LogP contribution < -0.4 is 0 Å². The highest BCUT2D eigenvalue weighted by atomic mass is 16.5. The summed E-state index contributed by atoms with van der Waals surface area (Å²) in [5, 5.41) is 0. The number of methoxy groups -OCH3 is 1. The van der Waals surface area contributed by atoms with Crippen LogP contribution >= 0.6 is 0 Å². The van der Waals surface area contributed by atoms with Gasteiger partial charge in [-0.1, -0.05) is 25.1 Å². The van der Waals surface area contributed by atoms with Crippen molar-refractivity contribution in [3.63, 3.8) is 0 Å². The Bertz CT molecular complexity index is 417. The van der Waals surface area contributed by atoms with Crippen LogP contribution in [0.25, 0.3) is 0 Å². The van der Waals surface area contributed by atoms with Crippen molar-refractivity contribution in [2.75, 3.05) is 13.7 Å². The average molecular weight is 263 g/mol. The third kappa shape index (κ3) is 4.39. The topological polar surface area (TPSA) is 46.6 Å². The molecule has 0 spiro atoms. The number of ether oxygens (including phenoxy) is 1. The predicted octanol–water partition coefficient (Wildman–Crippen LogP) is 2.49. The summed E-state index contributed by atoms with van der Waals surface area (Å²) in [5.41, 5.74) is 0.646. The number of hydrogen-bond acceptors (Lipinski definition) is 3. The Labute approximate surface area is 114 Å². The monoisotopic (exact) mass is 263 g/mol. The van der Waals surface area contributed by atoms with Gasteiger partial charge in [-0.3, -0.25) is 9.59 Å². The molecular formula is C15H21NO3. The minimum atomic E-state index is -0.297. The number of carbonyl (C=O) groups excluding carboxylic acids is 2. The molecule has 0 aliphatic rings. The zero-order valence-corrected chi connectivity index (χ0v) is 11.8. The van der Waals surface area contributed by atoms with Crippen molar-refractivity contribution in [2.45, 2.75) is 32.7 Å². The van der Waals surface area contributed by atoms with E-state index in [4.69, 9.17) is 0 Å². The Hall–Kier alpha value is -1.84. The number of hydrogen-bond donors (Lipinski definition) is 0. The number of nitrogens with zero attached hydrogens (tertiary/aromatic N) is 1. The molecule has 1 aromatic carbocycles. The first-order valence-electron chi connectivity index (χ1n) is 6.53. The van der Waals surface area contributed by atoms with Gasteiger partial charge in [-0.05, 0) is 25.5 Å². The van der Waals surface area contributed by atoms with E-state index in [1.807, 2.05) is 32.0 Å². The average Bonchev–Trinajstić information content (AvgIpc) is 2.47. The van der Waals surface area contributed by atoms with E-state index in [0.717, 1.165) is 6.42 Å². The maximum Gasteiger partial charge on any atom is 0.307 e. The maximum absolute atomic E-state index is 12.4. The smallest absolute Gasteiger partial charge is 0.307 e. The molecule has 0 radical (unpaired) electrons. The summed E-state index contributed by atoms with van der Waals surface area (Å²) < 4.78 is 4.62. The van der Waals surface area contributed by atoms with Crippen LogP contribution in [-0.4, -0.2) is 36.5 Å². The van der Waals surface area contributed by atoms with Crippen LogP contribution in [0, 0.1) is 0 Å². The predicted molar refractivity (Wildman–Crippen MR) is 73.9 cm³/mol. The van der Waals surface area contributed by atoms with Gasteiger partial charge in [0.15, 0.2) is 0 Å². The molecule has 0 N–H and O–H groups in total. The van der Waals surface area contributed by atoms with Gasteiger partial charge in [-0.25, -0.2) is 0 Å². The molecule has 1 amide bonds. The Kier molecular flexibility index (Phi) is 6.06. The van der Waals surface area contributed by atoms with Crippen molar-refractivity contribution in [3.8, 4) is 0 Å². The minimum Gasteiger partial charge on any atom is -0.469 e. The number of amides is 1. The van der Waals surface area contributed by atoms with Crippen LogP contribution in [0.2, 0.25) is 0 Å². The molecule has 0 heterocycles. The molecule has 0 aliphatic carbocycles. The van der Waals surface area contributed by atoms with Crippen LogP contribution in [0.15, 0.2) is 30.3 Å². The Balaban J connectivity index is 2.79. The highest BCUT2D eigenvalue weighted by Crippen LogP contribution is 2.11. The van der Waals surface area contributed by atoms with E-state index in [1.54, 1.807) is 17.0 Å². The van der Waals surface area contributed by atoms with Gasteiger partial charge in [0.25, 0.3) is 5.91 Å². The number of carbonyl (C=O) groups is 2. The third-order valence-electron chi connectivity index (χ3n) is 3.19. The van der Waals surface area contributed by atoms with Crippen LogP contribution in [0.5, 0.6) is 0 Å². The number of rotatable bonds is 6. The summed E-state index contributed by atoms with van der Waals surface area (Å²) in [6.07, 6.45) is 1.07. The lowest BCUT2D eigenvalue weighted by Gasteiger charge is -2.28. The molecule has 0 saturated heterocycles. The fourth-order valence-corrected chi connectivity index (χ4v) is 1.80. The van der Waals surface area contributed by atoms with Crippen molar-refractivity contribution in [1.29, 1.82) is 0 Å². The van der Waals surface area contributed by atoms with Gasteiger partial charge >= 0.3 is 5.97 Å². The maximum atomic E-state index is 12.4. The molecule has 104 valence electrons. The van der Waals surface area contributed by atoms with Gasteiger partial charge < -0.3 is 9.64 Å². The van der Waals surface area contributed by atoms with Crippen molar-refractivity contribution in [2.24, 2.45) is 0 Å². The lowest BCUT2D eigenvalue weighted by atomic mass is 10.1.